The van der Waals surface area contributed by atoms with E-state index in [2.05, 4.69) is 45.8 Å². The van der Waals surface area contributed by atoms with Gasteiger partial charge in [0.15, 0.2) is 8.32 Å². The molecule has 3 rings (SSSR count). The van der Waals surface area contributed by atoms with Gasteiger partial charge in [0.25, 0.3) is 5.56 Å². The molecule has 3 atom stereocenters. The molecule has 1 fully saturated rings. The SMILES string of the molecule is CC[C@H]1O[C@@H](n2cc(COC/C=C/c3ccccc3)c(=O)[nH]c2=O)C[C@H]1O[Si](C)(C)C(C)(C)C. The normalized spacial score (nSPS) is 21.4. The second kappa shape index (κ2) is 11.0. The van der Waals surface area contributed by atoms with Crippen LogP contribution < -0.4 is 11.2 Å². The van der Waals surface area contributed by atoms with Crippen LogP contribution in [0.15, 0.2) is 52.2 Å². The molecule has 0 radical (unpaired) electrons. The van der Waals surface area contributed by atoms with E-state index < -0.39 is 25.8 Å². The maximum atomic E-state index is 12.6. The van der Waals surface area contributed by atoms with Gasteiger partial charge in [-0.25, -0.2) is 4.79 Å². The average Bonchev–Trinajstić information content (AvgIpc) is 3.16. The number of nitrogens with one attached hydrogen (secondary N) is 1. The van der Waals surface area contributed by atoms with Gasteiger partial charge >= 0.3 is 5.69 Å². The van der Waals surface area contributed by atoms with Crippen molar-refractivity contribution in [2.45, 2.75) is 83.7 Å². The van der Waals surface area contributed by atoms with Gasteiger partial charge in [0.2, 0.25) is 0 Å². The summed E-state index contributed by atoms with van der Waals surface area (Å²) in [6.07, 6.45) is 6.11. The third kappa shape index (κ3) is 6.44. The third-order valence-electron chi connectivity index (χ3n) is 6.77. The number of hydrogen-bond acceptors (Lipinski definition) is 5. The van der Waals surface area contributed by atoms with Gasteiger partial charge in [0, 0.05) is 12.6 Å². The summed E-state index contributed by atoms with van der Waals surface area (Å²) >= 11 is 0. The molecule has 1 aliphatic heterocycles. The van der Waals surface area contributed by atoms with Crippen molar-refractivity contribution in [3.63, 3.8) is 0 Å². The molecule has 8 heteroatoms. The minimum Gasteiger partial charge on any atom is -0.411 e. The quantitative estimate of drug-likeness (QED) is 0.404. The molecule has 1 saturated heterocycles. The lowest BCUT2D eigenvalue weighted by Gasteiger charge is -2.39. The van der Waals surface area contributed by atoms with Crippen molar-refractivity contribution >= 4 is 14.4 Å². The molecular weight excluding hydrogens is 448 g/mol. The molecule has 186 valence electrons. The second-order valence-corrected chi connectivity index (χ2v) is 15.1. The fourth-order valence-corrected chi connectivity index (χ4v) is 5.10. The molecule has 0 amide bonds. The number of ether oxygens (including phenoxy) is 2. The molecule has 0 saturated carbocycles. The second-order valence-electron chi connectivity index (χ2n) is 10.3. The molecule has 0 bridgehead atoms. The van der Waals surface area contributed by atoms with E-state index in [0.29, 0.717) is 18.6 Å². The fourth-order valence-electron chi connectivity index (χ4n) is 3.74. The van der Waals surface area contributed by atoms with E-state index in [0.717, 1.165) is 12.0 Å². The summed E-state index contributed by atoms with van der Waals surface area (Å²) in [6.45, 7) is 13.6. The Morgan fingerprint density at radius 2 is 1.91 bits per heavy atom. The molecule has 34 heavy (non-hydrogen) atoms. The number of rotatable bonds is 9. The predicted molar refractivity (Wildman–Crippen MR) is 137 cm³/mol. The molecule has 0 spiro atoms. The minimum absolute atomic E-state index is 0.0810. The van der Waals surface area contributed by atoms with Crippen molar-refractivity contribution in [3.8, 4) is 0 Å². The third-order valence-corrected chi connectivity index (χ3v) is 11.3. The van der Waals surface area contributed by atoms with Gasteiger partial charge in [-0.05, 0) is 30.1 Å². The summed E-state index contributed by atoms with van der Waals surface area (Å²) in [5, 5.41) is 0.0810. The Kier molecular flexibility index (Phi) is 8.51. The Morgan fingerprint density at radius 3 is 2.56 bits per heavy atom. The topological polar surface area (TPSA) is 82.5 Å². The van der Waals surface area contributed by atoms with Gasteiger partial charge < -0.3 is 13.9 Å². The number of H-pyrrole nitrogens is 1. The molecule has 7 nitrogen and oxygen atoms in total. The molecule has 0 aliphatic carbocycles. The first-order valence-electron chi connectivity index (χ1n) is 12.0. The van der Waals surface area contributed by atoms with Gasteiger partial charge in [-0.1, -0.05) is 70.2 Å². The van der Waals surface area contributed by atoms with E-state index in [9.17, 15) is 9.59 Å². The van der Waals surface area contributed by atoms with Gasteiger partial charge in [-0.3, -0.25) is 14.3 Å². The van der Waals surface area contributed by atoms with Crippen molar-refractivity contribution in [1.82, 2.24) is 9.55 Å². The number of nitrogens with zero attached hydrogens (tertiary/aromatic N) is 1. The Balaban J connectivity index is 1.68. The molecule has 2 aromatic rings. The zero-order valence-corrected chi connectivity index (χ0v) is 22.2. The number of aromatic nitrogens is 2. The molecule has 0 unspecified atom stereocenters. The van der Waals surface area contributed by atoms with Crippen molar-refractivity contribution in [2.24, 2.45) is 0 Å². The first-order valence-corrected chi connectivity index (χ1v) is 14.9. The summed E-state index contributed by atoms with van der Waals surface area (Å²) in [7, 11) is -1.99. The van der Waals surface area contributed by atoms with Crippen LogP contribution >= 0.6 is 0 Å². The lowest BCUT2D eigenvalue weighted by atomic mass is 10.1. The summed E-state index contributed by atoms with van der Waals surface area (Å²) in [5.74, 6) is 0. The highest BCUT2D eigenvalue weighted by Gasteiger charge is 2.44. The van der Waals surface area contributed by atoms with Crippen molar-refractivity contribution in [2.75, 3.05) is 6.61 Å². The van der Waals surface area contributed by atoms with E-state index in [-0.39, 0.29) is 23.9 Å². The van der Waals surface area contributed by atoms with Gasteiger partial charge in [-0.15, -0.1) is 0 Å². The highest BCUT2D eigenvalue weighted by atomic mass is 28.4. The van der Waals surface area contributed by atoms with Crippen LogP contribution in [0.2, 0.25) is 18.1 Å². The van der Waals surface area contributed by atoms with E-state index in [1.807, 2.05) is 42.5 Å². The summed E-state index contributed by atoms with van der Waals surface area (Å²) < 4.78 is 20.0. The van der Waals surface area contributed by atoms with Crippen LogP contribution in [0.1, 0.15) is 57.9 Å². The summed E-state index contributed by atoms with van der Waals surface area (Å²) in [5.41, 5.74) is 0.548. The first kappa shape index (κ1) is 26.3. The summed E-state index contributed by atoms with van der Waals surface area (Å²) in [4.78, 5) is 27.4. The van der Waals surface area contributed by atoms with Crippen molar-refractivity contribution < 1.29 is 13.9 Å². The van der Waals surface area contributed by atoms with Crippen molar-refractivity contribution in [1.29, 1.82) is 0 Å². The monoisotopic (exact) mass is 486 g/mol. The largest absolute Gasteiger partial charge is 0.411 e. The molecule has 1 aromatic carbocycles. The first-order chi connectivity index (χ1) is 16.0. The van der Waals surface area contributed by atoms with Crippen LogP contribution in [0.5, 0.6) is 0 Å². The summed E-state index contributed by atoms with van der Waals surface area (Å²) in [6, 6.07) is 9.92. The maximum absolute atomic E-state index is 12.6. The van der Waals surface area contributed by atoms with E-state index in [4.69, 9.17) is 13.9 Å². The number of aromatic amines is 1. The van der Waals surface area contributed by atoms with E-state index in [1.165, 1.54) is 4.57 Å². The molecule has 1 N–H and O–H groups in total. The highest BCUT2D eigenvalue weighted by Crippen LogP contribution is 2.41. The molecule has 1 aliphatic rings. The Bertz CT molecular complexity index is 1080. The Hall–Kier alpha value is -2.26. The van der Waals surface area contributed by atoms with E-state index in [1.54, 1.807) is 6.20 Å². The van der Waals surface area contributed by atoms with Crippen LogP contribution in [-0.2, 0) is 20.5 Å². The van der Waals surface area contributed by atoms with Gasteiger partial charge in [0.05, 0.1) is 31.0 Å². The van der Waals surface area contributed by atoms with E-state index >= 15 is 0 Å². The number of hydrogen-bond donors (Lipinski definition) is 1. The van der Waals surface area contributed by atoms with Crippen LogP contribution in [0, 0.1) is 0 Å². The lowest BCUT2D eigenvalue weighted by molar-refractivity contribution is -0.0200. The van der Waals surface area contributed by atoms with Crippen LogP contribution in [-0.4, -0.2) is 36.7 Å². The standard InChI is InChI=1S/C26H38N2O5Si/c1-7-21-22(33-34(5,6)26(2,3)4)16-23(32-21)28-17-20(24(29)27-25(28)30)18-31-15-11-14-19-12-9-8-10-13-19/h8-14,17,21-23H,7,15-16,18H2,1-6H3,(H,27,29,30)/b14-11+/t21-,22-,23-/m1/s1. The van der Waals surface area contributed by atoms with Gasteiger partial charge in [-0.2, -0.15) is 0 Å². The predicted octanol–water partition coefficient (Wildman–Crippen LogP) is 4.85. The average molecular weight is 487 g/mol. The zero-order valence-electron chi connectivity index (χ0n) is 21.2. The maximum Gasteiger partial charge on any atom is 0.330 e. The fraction of sp³-hybridized carbons (Fsp3) is 0.538. The zero-order chi connectivity index (χ0) is 24.9. The molecule has 1 aromatic heterocycles. The minimum atomic E-state index is -1.99. The Morgan fingerprint density at radius 1 is 1.21 bits per heavy atom. The number of benzene rings is 1. The smallest absolute Gasteiger partial charge is 0.330 e. The van der Waals surface area contributed by atoms with Gasteiger partial charge in [0.1, 0.15) is 6.23 Å². The molecule has 2 heterocycles. The highest BCUT2D eigenvalue weighted by molar-refractivity contribution is 6.74. The van der Waals surface area contributed by atoms with Crippen molar-refractivity contribution in [3.05, 3.63) is 74.6 Å². The van der Waals surface area contributed by atoms with Crippen LogP contribution in [0.3, 0.4) is 0 Å². The van der Waals surface area contributed by atoms with Crippen LogP contribution in [0.4, 0.5) is 0 Å². The Labute approximate surface area is 202 Å². The molecular formula is C26H38N2O5Si. The van der Waals surface area contributed by atoms with Crippen LogP contribution in [0.25, 0.3) is 6.08 Å². The lowest BCUT2D eigenvalue weighted by Crippen LogP contribution is -2.45.